The summed E-state index contributed by atoms with van der Waals surface area (Å²) in [6.07, 6.45) is -2.94. The van der Waals surface area contributed by atoms with Crippen molar-refractivity contribution in [2.75, 3.05) is 5.32 Å². The smallest absolute Gasteiger partial charge is 0.323 e. The average molecular weight is 508 g/mol. The summed E-state index contributed by atoms with van der Waals surface area (Å²) >= 11 is 8.11. The third-order valence-electron chi connectivity index (χ3n) is 4.21. The fourth-order valence-corrected chi connectivity index (χ4v) is 3.31. The van der Waals surface area contributed by atoms with Gasteiger partial charge in [-0.1, -0.05) is 11.6 Å². The van der Waals surface area contributed by atoms with Gasteiger partial charge in [-0.3, -0.25) is 4.79 Å². The maximum atomic E-state index is 12.8. The van der Waals surface area contributed by atoms with Crippen LogP contribution in [0.15, 0.2) is 42.7 Å². The van der Waals surface area contributed by atoms with E-state index in [1.807, 2.05) is 18.2 Å². The lowest BCUT2D eigenvalue weighted by Crippen LogP contribution is -2.40. The molecule has 0 fully saturated rings. The predicted octanol–water partition coefficient (Wildman–Crippen LogP) is 5.69. The highest BCUT2D eigenvalue weighted by atomic mass is 127. The van der Waals surface area contributed by atoms with Crippen LogP contribution in [0, 0.1) is 3.57 Å². The number of rotatable bonds is 3. The van der Waals surface area contributed by atoms with Gasteiger partial charge in [-0.2, -0.15) is 13.2 Å². The van der Waals surface area contributed by atoms with Crippen LogP contribution in [0.5, 0.6) is 0 Å². The largest absolute Gasteiger partial charge is 0.416 e. The van der Waals surface area contributed by atoms with Gasteiger partial charge in [0.05, 0.1) is 33.6 Å². The van der Waals surface area contributed by atoms with E-state index in [1.54, 1.807) is 24.7 Å². The maximum absolute atomic E-state index is 12.8. The molecule has 9 heteroatoms. The van der Waals surface area contributed by atoms with Crippen molar-refractivity contribution in [1.82, 2.24) is 9.55 Å². The molecule has 3 rings (SSSR count). The Kier molecular flexibility index (Phi) is 5.15. The van der Waals surface area contributed by atoms with E-state index in [0.717, 1.165) is 32.8 Å². The second-order valence-electron chi connectivity index (χ2n) is 6.45. The molecule has 0 unspecified atom stereocenters. The quantitative estimate of drug-likeness (QED) is 0.463. The summed E-state index contributed by atoms with van der Waals surface area (Å²) in [7, 11) is 0. The summed E-state index contributed by atoms with van der Waals surface area (Å²) < 4.78 is 41.0. The Morgan fingerprint density at radius 2 is 1.89 bits per heavy atom. The number of alkyl halides is 3. The topological polar surface area (TPSA) is 46.9 Å². The van der Waals surface area contributed by atoms with Gasteiger partial charge in [0.15, 0.2) is 0 Å². The van der Waals surface area contributed by atoms with Crippen LogP contribution in [-0.4, -0.2) is 15.5 Å². The standard InChI is InChI=1S/C18H14ClF3IN3O/c1-17(2,26-9-24-14-8-11(23)4-6-15(14)26)16(27)25-13-5-3-10(7-12(13)19)18(20,21)22/h3-9H,1-2H3,(H,25,27). The van der Waals surface area contributed by atoms with Crippen LogP contribution in [0.1, 0.15) is 19.4 Å². The van der Waals surface area contributed by atoms with E-state index in [1.165, 1.54) is 0 Å². The molecular weight excluding hydrogens is 494 g/mol. The highest BCUT2D eigenvalue weighted by molar-refractivity contribution is 14.1. The van der Waals surface area contributed by atoms with Crippen molar-refractivity contribution in [1.29, 1.82) is 0 Å². The third kappa shape index (κ3) is 3.91. The minimum Gasteiger partial charge on any atom is -0.323 e. The van der Waals surface area contributed by atoms with Gasteiger partial charge in [-0.25, -0.2) is 4.98 Å². The van der Waals surface area contributed by atoms with Crippen LogP contribution in [0.4, 0.5) is 18.9 Å². The number of amides is 1. The number of fused-ring (bicyclic) bond motifs is 1. The van der Waals surface area contributed by atoms with E-state index in [2.05, 4.69) is 32.9 Å². The molecule has 1 aromatic heterocycles. The molecule has 1 N–H and O–H groups in total. The van der Waals surface area contributed by atoms with E-state index in [4.69, 9.17) is 11.6 Å². The van der Waals surface area contributed by atoms with Crippen LogP contribution < -0.4 is 5.32 Å². The zero-order valence-corrected chi connectivity index (χ0v) is 17.1. The average Bonchev–Trinajstić information content (AvgIpc) is 2.99. The second kappa shape index (κ2) is 6.97. The number of aromatic nitrogens is 2. The highest BCUT2D eigenvalue weighted by Crippen LogP contribution is 2.34. The molecule has 27 heavy (non-hydrogen) atoms. The molecule has 0 bridgehead atoms. The van der Waals surface area contributed by atoms with Gasteiger partial charge < -0.3 is 9.88 Å². The van der Waals surface area contributed by atoms with Gasteiger partial charge in [0, 0.05) is 3.57 Å². The fourth-order valence-electron chi connectivity index (χ4n) is 2.61. The number of carbonyl (C=O) groups excluding carboxylic acids is 1. The first-order valence-electron chi connectivity index (χ1n) is 7.81. The first-order chi connectivity index (χ1) is 12.5. The molecule has 0 aliphatic rings. The lowest BCUT2D eigenvalue weighted by molar-refractivity contribution is -0.137. The van der Waals surface area contributed by atoms with Crippen molar-refractivity contribution < 1.29 is 18.0 Å². The molecule has 0 saturated carbocycles. The monoisotopic (exact) mass is 507 g/mol. The zero-order chi connectivity index (χ0) is 20.0. The van der Waals surface area contributed by atoms with E-state index < -0.39 is 23.2 Å². The van der Waals surface area contributed by atoms with Gasteiger partial charge in [0.25, 0.3) is 0 Å². The summed E-state index contributed by atoms with van der Waals surface area (Å²) in [6, 6.07) is 8.48. The van der Waals surface area contributed by atoms with Gasteiger partial charge in [-0.15, -0.1) is 0 Å². The Labute approximate surface area is 171 Å². The van der Waals surface area contributed by atoms with Crippen molar-refractivity contribution in [3.8, 4) is 0 Å². The van der Waals surface area contributed by atoms with Gasteiger partial charge in [0.2, 0.25) is 5.91 Å². The van der Waals surface area contributed by atoms with Gasteiger partial charge in [0.1, 0.15) is 5.54 Å². The summed E-state index contributed by atoms with van der Waals surface area (Å²) in [5.74, 6) is -0.429. The molecule has 2 aromatic carbocycles. The minimum atomic E-state index is -4.50. The summed E-state index contributed by atoms with van der Waals surface area (Å²) in [4.78, 5) is 17.2. The Hall–Kier alpha value is -1.81. The number of nitrogens with zero attached hydrogens (tertiary/aromatic N) is 2. The zero-order valence-electron chi connectivity index (χ0n) is 14.2. The molecular formula is C18H14ClF3IN3O. The Morgan fingerprint density at radius 3 is 2.52 bits per heavy atom. The van der Waals surface area contributed by atoms with E-state index >= 15 is 0 Å². The maximum Gasteiger partial charge on any atom is 0.416 e. The van der Waals surface area contributed by atoms with E-state index in [9.17, 15) is 18.0 Å². The SMILES string of the molecule is CC(C)(C(=O)Nc1ccc(C(F)(F)F)cc1Cl)n1cnc2cc(I)ccc21. The summed E-state index contributed by atoms with van der Waals surface area (Å²) in [6.45, 7) is 3.39. The third-order valence-corrected chi connectivity index (χ3v) is 5.20. The molecule has 4 nitrogen and oxygen atoms in total. The number of nitrogens with one attached hydrogen (secondary N) is 1. The normalized spacial score (nSPS) is 12.4. The van der Waals surface area contributed by atoms with Gasteiger partial charge >= 0.3 is 6.18 Å². The lowest BCUT2D eigenvalue weighted by Gasteiger charge is -2.26. The first-order valence-corrected chi connectivity index (χ1v) is 9.27. The van der Waals surface area contributed by atoms with Crippen molar-refractivity contribution >= 4 is 56.8 Å². The molecule has 0 atom stereocenters. The van der Waals surface area contributed by atoms with Crippen LogP contribution in [-0.2, 0) is 16.5 Å². The van der Waals surface area contributed by atoms with Crippen molar-refractivity contribution in [2.45, 2.75) is 25.6 Å². The van der Waals surface area contributed by atoms with Crippen molar-refractivity contribution in [3.63, 3.8) is 0 Å². The Morgan fingerprint density at radius 1 is 1.19 bits per heavy atom. The minimum absolute atomic E-state index is 0.113. The van der Waals surface area contributed by atoms with Crippen LogP contribution >= 0.6 is 34.2 Å². The molecule has 0 aliphatic carbocycles. The predicted molar refractivity (Wildman–Crippen MR) is 107 cm³/mol. The second-order valence-corrected chi connectivity index (χ2v) is 8.11. The number of hydrogen-bond acceptors (Lipinski definition) is 2. The van der Waals surface area contributed by atoms with Crippen LogP contribution in [0.25, 0.3) is 11.0 Å². The number of halogens is 5. The van der Waals surface area contributed by atoms with Gasteiger partial charge in [-0.05, 0) is 72.8 Å². The number of carbonyl (C=O) groups is 1. The van der Waals surface area contributed by atoms with Crippen molar-refractivity contribution in [3.05, 3.63) is 56.9 Å². The first kappa shape index (κ1) is 19.9. The Balaban J connectivity index is 1.90. The number of imidazole rings is 1. The Bertz CT molecular complexity index is 1030. The summed E-state index contributed by atoms with van der Waals surface area (Å²) in [5, 5.41) is 2.42. The lowest BCUT2D eigenvalue weighted by atomic mass is 10.0. The molecule has 0 saturated heterocycles. The van der Waals surface area contributed by atoms with E-state index in [-0.39, 0.29) is 10.7 Å². The van der Waals surface area contributed by atoms with Crippen LogP contribution in [0.2, 0.25) is 5.02 Å². The molecule has 142 valence electrons. The molecule has 0 spiro atoms. The molecule has 1 amide bonds. The van der Waals surface area contributed by atoms with Crippen LogP contribution in [0.3, 0.4) is 0 Å². The van der Waals surface area contributed by atoms with E-state index in [0.29, 0.717) is 0 Å². The highest BCUT2D eigenvalue weighted by Gasteiger charge is 2.33. The number of anilines is 1. The molecule has 0 radical (unpaired) electrons. The molecule has 1 heterocycles. The fraction of sp³-hybridized carbons (Fsp3) is 0.222. The number of benzene rings is 2. The summed E-state index contributed by atoms with van der Waals surface area (Å²) in [5.41, 5.74) is -0.292. The number of hydrogen-bond donors (Lipinski definition) is 1. The van der Waals surface area contributed by atoms with Crippen molar-refractivity contribution in [2.24, 2.45) is 0 Å². The molecule has 0 aliphatic heterocycles. The molecule has 3 aromatic rings.